The highest BCUT2D eigenvalue weighted by atomic mass is 16.4. The Morgan fingerprint density at radius 3 is 2.71 bits per heavy atom. The van der Waals surface area contributed by atoms with Gasteiger partial charge >= 0.3 is 5.97 Å². The number of carboxylic acid groups (broad SMARTS) is 1. The molecule has 0 saturated heterocycles. The maximum absolute atomic E-state index is 10.6. The molecule has 96 valence electrons. The molecule has 2 atom stereocenters. The lowest BCUT2D eigenvalue weighted by Crippen LogP contribution is -2.55. The molecule has 0 fully saturated rings. The molecule has 17 heavy (non-hydrogen) atoms. The van der Waals surface area contributed by atoms with Gasteiger partial charge in [-0.2, -0.15) is 5.43 Å². The van der Waals surface area contributed by atoms with E-state index < -0.39 is 12.1 Å². The molecule has 0 aliphatic heterocycles. The Morgan fingerprint density at radius 1 is 1.53 bits per heavy atom. The van der Waals surface area contributed by atoms with Gasteiger partial charge in [0.1, 0.15) is 6.04 Å². The molecule has 0 aliphatic carbocycles. The smallest absolute Gasteiger partial charge is 0.306 e. The third-order valence-corrected chi connectivity index (χ3v) is 2.42. The van der Waals surface area contributed by atoms with Crippen LogP contribution >= 0.6 is 0 Å². The molecule has 1 aromatic rings. The SMILES string of the molecule is CC(C)C[C@H](N[n+]1ccc[nH]1)[C@@H](O)CC(=O)O. The molecule has 0 aliphatic rings. The Bertz CT molecular complexity index is 338. The van der Waals surface area contributed by atoms with Crippen molar-refractivity contribution in [3.05, 3.63) is 18.5 Å². The lowest BCUT2D eigenvalue weighted by molar-refractivity contribution is -0.710. The number of carbonyl (C=O) groups is 1. The first-order chi connectivity index (χ1) is 7.99. The first kappa shape index (κ1) is 13.5. The highest BCUT2D eigenvalue weighted by molar-refractivity contribution is 5.67. The fourth-order valence-corrected chi connectivity index (χ4v) is 1.68. The molecular formula is C11H20N3O3+. The predicted octanol–water partition coefficient (Wildman–Crippen LogP) is 0.0960. The number of aliphatic hydroxyl groups excluding tert-OH is 1. The Balaban J connectivity index is 2.62. The van der Waals surface area contributed by atoms with Crippen LogP contribution in [0, 0.1) is 5.92 Å². The van der Waals surface area contributed by atoms with E-state index in [4.69, 9.17) is 5.11 Å². The van der Waals surface area contributed by atoms with Crippen LogP contribution in [0.3, 0.4) is 0 Å². The molecule has 1 heterocycles. The van der Waals surface area contributed by atoms with Gasteiger partial charge in [0.05, 0.1) is 18.7 Å². The fraction of sp³-hybridized carbons (Fsp3) is 0.636. The van der Waals surface area contributed by atoms with E-state index in [0.717, 1.165) is 0 Å². The summed E-state index contributed by atoms with van der Waals surface area (Å²) in [5, 5.41) is 21.4. The Hall–Kier alpha value is -1.56. The van der Waals surface area contributed by atoms with Crippen molar-refractivity contribution in [2.24, 2.45) is 5.92 Å². The van der Waals surface area contributed by atoms with Crippen molar-refractivity contribution >= 4 is 5.97 Å². The summed E-state index contributed by atoms with van der Waals surface area (Å²) in [6.07, 6.45) is 3.03. The summed E-state index contributed by atoms with van der Waals surface area (Å²) in [4.78, 5) is 12.2. The normalized spacial score (nSPS) is 14.6. The number of aliphatic carboxylic acids is 1. The molecule has 6 heteroatoms. The maximum atomic E-state index is 10.6. The zero-order valence-corrected chi connectivity index (χ0v) is 10.1. The maximum Gasteiger partial charge on any atom is 0.306 e. The van der Waals surface area contributed by atoms with Gasteiger partial charge in [-0.25, -0.2) is 0 Å². The van der Waals surface area contributed by atoms with Crippen LogP contribution in [-0.2, 0) is 4.79 Å². The number of aromatic amines is 1. The number of H-pyrrole nitrogens is 1. The highest BCUT2D eigenvalue weighted by Crippen LogP contribution is 2.10. The molecule has 1 rings (SSSR count). The van der Waals surface area contributed by atoms with Crippen molar-refractivity contribution in [2.45, 2.75) is 38.8 Å². The number of rotatable bonds is 7. The number of aliphatic hydroxyl groups is 1. The highest BCUT2D eigenvalue weighted by Gasteiger charge is 2.26. The van der Waals surface area contributed by atoms with Crippen molar-refractivity contribution in [1.82, 2.24) is 5.10 Å². The Labute approximate surface area is 100 Å². The minimum absolute atomic E-state index is 0.258. The van der Waals surface area contributed by atoms with Crippen LogP contribution in [0.5, 0.6) is 0 Å². The zero-order chi connectivity index (χ0) is 12.8. The van der Waals surface area contributed by atoms with Gasteiger partial charge in [0.2, 0.25) is 6.20 Å². The topological polar surface area (TPSA) is 89.2 Å². The molecule has 0 bridgehead atoms. The lowest BCUT2D eigenvalue weighted by Gasteiger charge is -2.21. The second-order valence-electron chi connectivity index (χ2n) is 4.54. The van der Waals surface area contributed by atoms with E-state index in [1.807, 2.05) is 19.9 Å². The predicted molar refractivity (Wildman–Crippen MR) is 61.9 cm³/mol. The third-order valence-electron chi connectivity index (χ3n) is 2.42. The van der Waals surface area contributed by atoms with Gasteiger partial charge in [-0.05, 0) is 17.1 Å². The van der Waals surface area contributed by atoms with Crippen molar-refractivity contribution in [1.29, 1.82) is 0 Å². The second kappa shape index (κ2) is 6.24. The number of nitrogens with zero attached hydrogens (tertiary/aromatic N) is 1. The van der Waals surface area contributed by atoms with E-state index in [0.29, 0.717) is 12.3 Å². The van der Waals surface area contributed by atoms with Gasteiger partial charge in [-0.15, -0.1) is 5.10 Å². The minimum Gasteiger partial charge on any atom is -0.481 e. The second-order valence-corrected chi connectivity index (χ2v) is 4.54. The van der Waals surface area contributed by atoms with E-state index >= 15 is 0 Å². The average Bonchev–Trinajstić information content (AvgIpc) is 2.67. The molecule has 4 N–H and O–H groups in total. The number of nitrogens with one attached hydrogen (secondary N) is 2. The van der Waals surface area contributed by atoms with Crippen LogP contribution in [0.2, 0.25) is 0 Å². The summed E-state index contributed by atoms with van der Waals surface area (Å²) in [5.74, 6) is -0.629. The molecule has 0 radical (unpaired) electrons. The third kappa shape index (κ3) is 4.86. The first-order valence-electron chi connectivity index (χ1n) is 5.70. The number of hydrogen-bond donors (Lipinski definition) is 4. The number of hydrogen-bond acceptors (Lipinski definition) is 3. The van der Waals surface area contributed by atoms with Gasteiger partial charge < -0.3 is 10.2 Å². The summed E-state index contributed by atoms with van der Waals surface area (Å²) in [6.45, 7) is 4.06. The molecule has 0 aromatic carbocycles. The zero-order valence-electron chi connectivity index (χ0n) is 10.1. The fourth-order valence-electron chi connectivity index (χ4n) is 1.68. The van der Waals surface area contributed by atoms with Crippen molar-refractivity contribution in [2.75, 3.05) is 5.43 Å². The summed E-state index contributed by atoms with van der Waals surface area (Å²) in [6, 6.07) is 1.51. The molecule has 6 nitrogen and oxygen atoms in total. The molecule has 0 unspecified atom stereocenters. The summed E-state index contributed by atoms with van der Waals surface area (Å²) >= 11 is 0. The van der Waals surface area contributed by atoms with Gasteiger partial charge in [0, 0.05) is 6.07 Å². The van der Waals surface area contributed by atoms with Crippen LogP contribution in [0.25, 0.3) is 0 Å². The van der Waals surface area contributed by atoms with Gasteiger partial charge in [-0.3, -0.25) is 4.79 Å². The lowest BCUT2D eigenvalue weighted by atomic mass is 9.98. The van der Waals surface area contributed by atoms with Crippen LogP contribution in [0.4, 0.5) is 0 Å². The summed E-state index contributed by atoms with van der Waals surface area (Å²) in [7, 11) is 0. The summed E-state index contributed by atoms with van der Waals surface area (Å²) in [5.41, 5.74) is 3.04. The number of carboxylic acids is 1. The van der Waals surface area contributed by atoms with E-state index in [1.54, 1.807) is 17.2 Å². The van der Waals surface area contributed by atoms with Crippen LogP contribution in [0.1, 0.15) is 26.7 Å². The molecule has 0 spiro atoms. The van der Waals surface area contributed by atoms with E-state index in [-0.39, 0.29) is 12.5 Å². The van der Waals surface area contributed by atoms with E-state index in [1.165, 1.54) is 0 Å². The van der Waals surface area contributed by atoms with Crippen LogP contribution in [0.15, 0.2) is 18.5 Å². The molecule has 1 aromatic heterocycles. The van der Waals surface area contributed by atoms with Gasteiger partial charge in [0.15, 0.2) is 0 Å². The average molecular weight is 242 g/mol. The van der Waals surface area contributed by atoms with E-state index in [2.05, 4.69) is 10.5 Å². The Kier molecular flexibility index (Phi) is 4.96. The van der Waals surface area contributed by atoms with Gasteiger partial charge in [0.25, 0.3) is 0 Å². The van der Waals surface area contributed by atoms with Crippen molar-refractivity contribution < 1.29 is 19.8 Å². The molecular weight excluding hydrogens is 222 g/mol. The van der Waals surface area contributed by atoms with Crippen LogP contribution in [-0.4, -0.2) is 33.4 Å². The quantitative estimate of drug-likeness (QED) is 0.510. The number of aromatic nitrogens is 2. The van der Waals surface area contributed by atoms with Crippen molar-refractivity contribution in [3.63, 3.8) is 0 Å². The van der Waals surface area contributed by atoms with E-state index in [9.17, 15) is 9.90 Å². The summed E-state index contributed by atoms with van der Waals surface area (Å²) < 4.78 is 0. The monoisotopic (exact) mass is 242 g/mol. The largest absolute Gasteiger partial charge is 0.481 e. The molecule has 0 saturated carbocycles. The van der Waals surface area contributed by atoms with Crippen molar-refractivity contribution in [3.8, 4) is 0 Å². The van der Waals surface area contributed by atoms with Crippen LogP contribution < -0.4 is 10.2 Å². The van der Waals surface area contributed by atoms with Gasteiger partial charge in [-0.1, -0.05) is 13.8 Å². The molecule has 0 amide bonds. The standard InChI is InChI=1S/C11H19N3O3/c1-8(2)6-9(10(15)7-11(16)17)13-14-5-3-4-12-14/h3-5,8-10,13,15H,6-7H2,1-2H3,(H,16,17)/p+1/t9-,10-/m0/s1. The first-order valence-corrected chi connectivity index (χ1v) is 5.70. The minimum atomic E-state index is -0.996. The Morgan fingerprint density at radius 2 is 2.24 bits per heavy atom.